The van der Waals surface area contributed by atoms with E-state index in [1.54, 1.807) is 0 Å². The lowest BCUT2D eigenvalue weighted by atomic mass is 10.0. The molecule has 0 saturated carbocycles. The Morgan fingerprint density at radius 2 is 1.33 bits per heavy atom. The van der Waals surface area contributed by atoms with Gasteiger partial charge in [0.05, 0.1) is 5.69 Å². The molecule has 0 fully saturated rings. The number of rotatable bonds is 7. The lowest BCUT2D eigenvalue weighted by molar-refractivity contribution is -0.291. The molecule has 1 aromatic rings. The van der Waals surface area contributed by atoms with Crippen molar-refractivity contribution >= 4 is 5.69 Å². The van der Waals surface area contributed by atoms with Crippen molar-refractivity contribution in [1.82, 2.24) is 0 Å². The van der Waals surface area contributed by atoms with Crippen LogP contribution in [0.15, 0.2) is 6.07 Å². The molecular weight excluding hydrogens is 453 g/mol. The minimum Gasteiger partial charge on any atom is -0.302 e. The quantitative estimate of drug-likeness (QED) is 0.234. The lowest BCUT2D eigenvalue weighted by Gasteiger charge is -2.36. The Morgan fingerprint density at radius 1 is 0.833 bits per heavy atom. The molecular formula is C16H14F13N. The van der Waals surface area contributed by atoms with Crippen LogP contribution in [0.3, 0.4) is 0 Å². The van der Waals surface area contributed by atoms with Crippen molar-refractivity contribution in [1.29, 1.82) is 0 Å². The van der Waals surface area contributed by atoms with Crippen LogP contribution in [0.5, 0.6) is 0 Å². The van der Waals surface area contributed by atoms with Crippen molar-refractivity contribution in [2.24, 2.45) is 5.92 Å². The summed E-state index contributed by atoms with van der Waals surface area (Å²) in [6.45, 7) is 1.17. The summed E-state index contributed by atoms with van der Waals surface area (Å²) in [4.78, 5) is -1.19. The first-order valence-electron chi connectivity index (χ1n) is 8.15. The van der Waals surface area contributed by atoms with Gasteiger partial charge in [-0.1, -0.05) is 20.3 Å². The molecule has 0 amide bonds. The van der Waals surface area contributed by atoms with Gasteiger partial charge in [0.15, 0.2) is 17.5 Å². The number of anilines is 1. The van der Waals surface area contributed by atoms with E-state index in [0.29, 0.717) is 0 Å². The second kappa shape index (κ2) is 8.33. The Kier molecular flexibility index (Phi) is 7.26. The summed E-state index contributed by atoms with van der Waals surface area (Å²) in [6.07, 6.45) is -13.0. The summed E-state index contributed by atoms with van der Waals surface area (Å²) < 4.78 is 173. The van der Waals surface area contributed by atoms with Crippen LogP contribution in [0.1, 0.15) is 32.3 Å². The van der Waals surface area contributed by atoms with E-state index >= 15 is 0 Å². The zero-order chi connectivity index (χ0) is 23.9. The van der Waals surface area contributed by atoms with Gasteiger partial charge in [-0.2, -0.15) is 43.9 Å². The number of benzene rings is 1. The van der Waals surface area contributed by atoms with Crippen molar-refractivity contribution in [2.75, 3.05) is 11.4 Å². The lowest BCUT2D eigenvalue weighted by Crippen LogP contribution is -2.54. The van der Waals surface area contributed by atoms with E-state index in [0.717, 1.165) is 6.92 Å². The molecule has 1 nitrogen and oxygen atoms in total. The van der Waals surface area contributed by atoms with Crippen molar-refractivity contribution in [2.45, 2.75) is 51.0 Å². The molecule has 0 radical (unpaired) electrons. The molecule has 0 aliphatic rings. The highest BCUT2D eigenvalue weighted by atomic mass is 19.4. The molecule has 0 N–H and O–H groups in total. The molecule has 0 saturated heterocycles. The fourth-order valence-electron chi connectivity index (χ4n) is 2.62. The van der Waals surface area contributed by atoms with Crippen LogP contribution in [0.4, 0.5) is 62.8 Å². The van der Waals surface area contributed by atoms with Gasteiger partial charge in [0.2, 0.25) is 0 Å². The van der Waals surface area contributed by atoms with Crippen LogP contribution in [0.25, 0.3) is 0 Å². The molecule has 1 rings (SSSR count). The van der Waals surface area contributed by atoms with Gasteiger partial charge in [-0.05, 0) is 12.3 Å². The summed E-state index contributed by atoms with van der Waals surface area (Å²) in [7, 11) is 0. The van der Waals surface area contributed by atoms with Crippen LogP contribution in [-0.2, 0) is 5.92 Å². The van der Waals surface area contributed by atoms with E-state index in [-0.39, 0.29) is 12.8 Å². The molecule has 0 heterocycles. The maximum atomic E-state index is 14.4. The fourth-order valence-corrected chi connectivity index (χ4v) is 2.62. The van der Waals surface area contributed by atoms with Crippen molar-refractivity contribution in [3.05, 3.63) is 29.1 Å². The first kappa shape index (κ1) is 26.1. The van der Waals surface area contributed by atoms with E-state index in [9.17, 15) is 57.1 Å². The highest BCUT2D eigenvalue weighted by molar-refractivity contribution is 5.54. The highest BCUT2D eigenvalue weighted by Gasteiger charge is 2.65. The van der Waals surface area contributed by atoms with Crippen LogP contribution >= 0.6 is 0 Å². The average molecular weight is 467 g/mol. The molecule has 0 aromatic heterocycles. The molecule has 174 valence electrons. The van der Waals surface area contributed by atoms with Gasteiger partial charge in [-0.3, -0.25) is 0 Å². The topological polar surface area (TPSA) is 3.24 Å². The van der Waals surface area contributed by atoms with Crippen LogP contribution in [0, 0.1) is 23.4 Å². The zero-order valence-electron chi connectivity index (χ0n) is 15.1. The van der Waals surface area contributed by atoms with Crippen LogP contribution in [-0.4, -0.2) is 24.9 Å². The van der Waals surface area contributed by atoms with E-state index in [1.807, 2.05) is 0 Å². The second-order valence-corrected chi connectivity index (χ2v) is 6.50. The summed E-state index contributed by atoms with van der Waals surface area (Å²) in [6, 6.07) is -6.64. The smallest absolute Gasteiger partial charge is 0.302 e. The zero-order valence-corrected chi connectivity index (χ0v) is 15.1. The van der Waals surface area contributed by atoms with Gasteiger partial charge in [0.1, 0.15) is 5.56 Å². The monoisotopic (exact) mass is 467 g/mol. The van der Waals surface area contributed by atoms with Crippen LogP contribution < -0.4 is 4.90 Å². The maximum absolute atomic E-state index is 14.4. The van der Waals surface area contributed by atoms with E-state index < -0.39 is 76.5 Å². The third-order valence-electron chi connectivity index (χ3n) is 4.05. The predicted molar refractivity (Wildman–Crippen MR) is 78.7 cm³/mol. The largest absolute Gasteiger partial charge is 0.475 e. The third kappa shape index (κ3) is 4.71. The number of halogens is 13. The molecule has 14 heteroatoms. The molecule has 0 bridgehead atoms. The molecule has 0 aliphatic heterocycles. The Morgan fingerprint density at radius 3 is 1.73 bits per heavy atom. The van der Waals surface area contributed by atoms with Crippen molar-refractivity contribution in [3.8, 4) is 0 Å². The van der Waals surface area contributed by atoms with Gasteiger partial charge in [-0.25, -0.2) is 13.2 Å². The Labute approximate surface area is 161 Å². The summed E-state index contributed by atoms with van der Waals surface area (Å²) >= 11 is 0. The van der Waals surface area contributed by atoms with E-state index in [4.69, 9.17) is 0 Å². The Bertz CT molecular complexity index is 751. The third-order valence-corrected chi connectivity index (χ3v) is 4.05. The number of hydrogen-bond acceptors (Lipinski definition) is 1. The standard InChI is InChI=1S/C16H14F13N/c1-3-4-7(2)6-30(16(28,29)15(25,26)27)9-5-8(17)11(18)10(12(9)19)13(20,21)14(22,23)24/h5,7H,3-4,6H2,1-2H3. The Hall–Kier alpha value is -1.89. The minimum atomic E-state index is -6.70. The van der Waals surface area contributed by atoms with Gasteiger partial charge in [-0.15, -0.1) is 0 Å². The minimum absolute atomic E-state index is 0.0404. The SMILES string of the molecule is CCCC(C)CN(c1cc(F)c(F)c(C(F)(F)C(F)(F)F)c1F)C(F)(F)C(F)(F)F. The maximum Gasteiger partial charge on any atom is 0.475 e. The van der Waals surface area contributed by atoms with Gasteiger partial charge < -0.3 is 4.90 Å². The number of nitrogens with zero attached hydrogens (tertiary/aromatic N) is 1. The molecule has 30 heavy (non-hydrogen) atoms. The average Bonchev–Trinajstić information content (AvgIpc) is 2.54. The Balaban J connectivity index is 3.86. The van der Waals surface area contributed by atoms with Gasteiger partial charge in [0, 0.05) is 12.6 Å². The molecule has 0 aliphatic carbocycles. The summed E-state index contributed by atoms with van der Waals surface area (Å²) in [5.74, 6) is -16.4. The second-order valence-electron chi connectivity index (χ2n) is 6.50. The normalized spacial score (nSPS) is 14.8. The number of hydrogen-bond donors (Lipinski definition) is 0. The molecule has 1 aromatic carbocycles. The highest BCUT2D eigenvalue weighted by Crippen LogP contribution is 2.49. The van der Waals surface area contributed by atoms with Gasteiger partial charge in [0.25, 0.3) is 0 Å². The van der Waals surface area contributed by atoms with E-state index in [1.165, 1.54) is 6.92 Å². The van der Waals surface area contributed by atoms with Crippen molar-refractivity contribution in [3.63, 3.8) is 0 Å². The molecule has 1 atom stereocenters. The molecule has 1 unspecified atom stereocenters. The fraction of sp³-hybridized carbons (Fsp3) is 0.625. The number of alkyl halides is 10. The summed E-state index contributed by atoms with van der Waals surface area (Å²) in [5.41, 5.74) is -5.62. The first-order valence-corrected chi connectivity index (χ1v) is 8.15. The van der Waals surface area contributed by atoms with Crippen molar-refractivity contribution < 1.29 is 57.1 Å². The first-order chi connectivity index (χ1) is 13.3. The van der Waals surface area contributed by atoms with Crippen LogP contribution in [0.2, 0.25) is 0 Å². The molecule has 0 spiro atoms. The predicted octanol–water partition coefficient (Wildman–Crippen LogP) is 7.16. The van der Waals surface area contributed by atoms with Gasteiger partial charge >= 0.3 is 24.3 Å². The summed E-state index contributed by atoms with van der Waals surface area (Å²) in [5, 5.41) is 0. The van der Waals surface area contributed by atoms with E-state index in [2.05, 4.69) is 0 Å².